The van der Waals surface area contributed by atoms with E-state index in [9.17, 15) is 9.90 Å². The molecular formula is C8H16O2. The van der Waals surface area contributed by atoms with Crippen LogP contribution in [0.2, 0.25) is 0 Å². The lowest BCUT2D eigenvalue weighted by atomic mass is 9.82. The first-order chi connectivity index (χ1) is 4.15. The van der Waals surface area contributed by atoms with E-state index < -0.39 is 11.0 Å². The Bertz CT molecular complexity index is 118. The number of hydrogen-bond acceptors (Lipinski definition) is 2. The first-order valence-corrected chi connectivity index (χ1v) is 3.43. The van der Waals surface area contributed by atoms with Gasteiger partial charge in [0.25, 0.3) is 0 Å². The van der Waals surface area contributed by atoms with Crippen LogP contribution in [0.25, 0.3) is 0 Å². The van der Waals surface area contributed by atoms with Crippen molar-refractivity contribution in [3.05, 3.63) is 0 Å². The SMILES string of the molecule is CC(C)(C)C(=O)C(C)(C)O. The lowest BCUT2D eigenvalue weighted by Gasteiger charge is -2.25. The molecule has 0 aliphatic heterocycles. The fourth-order valence-corrected chi connectivity index (χ4v) is 0.918. The van der Waals surface area contributed by atoms with E-state index in [2.05, 4.69) is 0 Å². The minimum Gasteiger partial charge on any atom is -0.383 e. The summed E-state index contributed by atoms with van der Waals surface area (Å²) in [5.41, 5.74) is -1.64. The molecule has 10 heavy (non-hydrogen) atoms. The van der Waals surface area contributed by atoms with Crippen LogP contribution in [0.1, 0.15) is 34.6 Å². The van der Waals surface area contributed by atoms with Crippen LogP contribution < -0.4 is 0 Å². The summed E-state index contributed by atoms with van der Waals surface area (Å²) in [6, 6.07) is 0. The number of ketones is 1. The Morgan fingerprint density at radius 1 is 1.10 bits per heavy atom. The van der Waals surface area contributed by atoms with Crippen molar-refractivity contribution in [2.45, 2.75) is 40.2 Å². The molecule has 0 aromatic heterocycles. The molecule has 0 bridgehead atoms. The van der Waals surface area contributed by atoms with E-state index in [4.69, 9.17) is 0 Å². The number of rotatable bonds is 1. The van der Waals surface area contributed by atoms with Gasteiger partial charge < -0.3 is 5.11 Å². The quantitative estimate of drug-likeness (QED) is 0.603. The van der Waals surface area contributed by atoms with Crippen LogP contribution in [0.3, 0.4) is 0 Å². The highest BCUT2D eigenvalue weighted by atomic mass is 16.3. The first kappa shape index (κ1) is 9.63. The molecule has 0 aliphatic carbocycles. The average Bonchev–Trinajstić information content (AvgIpc) is 1.59. The molecule has 0 amide bonds. The zero-order chi connectivity index (χ0) is 8.58. The van der Waals surface area contributed by atoms with Crippen molar-refractivity contribution in [2.24, 2.45) is 5.41 Å². The number of aliphatic hydroxyl groups is 1. The molecule has 0 aromatic rings. The molecule has 1 N–H and O–H groups in total. The fraction of sp³-hybridized carbons (Fsp3) is 0.875. The normalized spacial score (nSPS) is 13.4. The number of Topliss-reactive ketones (excluding diaryl/α,β-unsaturated/α-hetero) is 1. The van der Waals surface area contributed by atoms with Crippen LogP contribution in [0.4, 0.5) is 0 Å². The molecule has 0 aromatic carbocycles. The maximum absolute atomic E-state index is 11.2. The van der Waals surface area contributed by atoms with E-state index in [1.165, 1.54) is 13.8 Å². The number of carbonyl (C=O) groups is 1. The lowest BCUT2D eigenvalue weighted by molar-refractivity contribution is -0.142. The van der Waals surface area contributed by atoms with Crippen LogP contribution in [0.5, 0.6) is 0 Å². The second kappa shape index (κ2) is 2.35. The first-order valence-electron chi connectivity index (χ1n) is 3.43. The summed E-state index contributed by atoms with van der Waals surface area (Å²) < 4.78 is 0. The average molecular weight is 144 g/mol. The Morgan fingerprint density at radius 3 is 1.40 bits per heavy atom. The highest BCUT2D eigenvalue weighted by Crippen LogP contribution is 2.21. The summed E-state index contributed by atoms with van der Waals surface area (Å²) in [7, 11) is 0. The Labute approximate surface area is 62.2 Å². The molecule has 0 aliphatic rings. The van der Waals surface area contributed by atoms with Crippen LogP contribution in [0, 0.1) is 5.41 Å². The molecule has 0 saturated heterocycles. The highest BCUT2D eigenvalue weighted by molar-refractivity contribution is 5.90. The van der Waals surface area contributed by atoms with E-state index in [0.29, 0.717) is 0 Å². The van der Waals surface area contributed by atoms with Gasteiger partial charge in [0, 0.05) is 5.41 Å². The van der Waals surface area contributed by atoms with Gasteiger partial charge in [0.05, 0.1) is 0 Å². The lowest BCUT2D eigenvalue weighted by Crippen LogP contribution is -2.40. The smallest absolute Gasteiger partial charge is 0.169 e. The van der Waals surface area contributed by atoms with Gasteiger partial charge >= 0.3 is 0 Å². The summed E-state index contributed by atoms with van der Waals surface area (Å²) in [4.78, 5) is 11.2. The summed E-state index contributed by atoms with van der Waals surface area (Å²) >= 11 is 0. The van der Waals surface area contributed by atoms with Crippen molar-refractivity contribution in [1.82, 2.24) is 0 Å². The topological polar surface area (TPSA) is 37.3 Å². The maximum Gasteiger partial charge on any atom is 0.169 e. The molecule has 0 atom stereocenters. The summed E-state index contributed by atoms with van der Waals surface area (Å²) in [6.45, 7) is 8.43. The van der Waals surface area contributed by atoms with Gasteiger partial charge in [0.15, 0.2) is 5.78 Å². The predicted octanol–water partition coefficient (Wildman–Crippen LogP) is 1.37. The summed E-state index contributed by atoms with van der Waals surface area (Å²) in [5.74, 6) is -0.125. The second-order valence-corrected chi connectivity index (χ2v) is 4.14. The molecule has 0 radical (unpaired) electrons. The Balaban J connectivity index is 4.40. The Kier molecular flexibility index (Phi) is 2.26. The Morgan fingerprint density at radius 2 is 1.40 bits per heavy atom. The Hall–Kier alpha value is -0.370. The van der Waals surface area contributed by atoms with E-state index in [1.807, 2.05) is 0 Å². The minimum atomic E-state index is -1.20. The molecule has 2 heteroatoms. The molecule has 0 rings (SSSR count). The van der Waals surface area contributed by atoms with Crippen LogP contribution >= 0.6 is 0 Å². The van der Waals surface area contributed by atoms with E-state index in [1.54, 1.807) is 20.8 Å². The zero-order valence-corrected chi connectivity index (χ0v) is 7.36. The van der Waals surface area contributed by atoms with Crippen molar-refractivity contribution in [1.29, 1.82) is 0 Å². The monoisotopic (exact) mass is 144 g/mol. The molecule has 60 valence electrons. The molecule has 2 nitrogen and oxygen atoms in total. The van der Waals surface area contributed by atoms with Gasteiger partial charge in [-0.1, -0.05) is 20.8 Å². The fourth-order valence-electron chi connectivity index (χ4n) is 0.918. The van der Waals surface area contributed by atoms with Gasteiger partial charge in [0.2, 0.25) is 0 Å². The maximum atomic E-state index is 11.2. The van der Waals surface area contributed by atoms with Gasteiger partial charge in [-0.25, -0.2) is 0 Å². The van der Waals surface area contributed by atoms with Crippen molar-refractivity contribution >= 4 is 5.78 Å². The number of hydrogen-bond donors (Lipinski definition) is 1. The van der Waals surface area contributed by atoms with E-state index in [-0.39, 0.29) is 5.78 Å². The van der Waals surface area contributed by atoms with Crippen molar-refractivity contribution in [2.75, 3.05) is 0 Å². The molecule has 0 spiro atoms. The van der Waals surface area contributed by atoms with Crippen LogP contribution in [0.15, 0.2) is 0 Å². The van der Waals surface area contributed by atoms with Crippen LogP contribution in [-0.4, -0.2) is 16.5 Å². The summed E-state index contributed by atoms with van der Waals surface area (Å²) in [5, 5.41) is 9.27. The molecule has 0 fully saturated rings. The van der Waals surface area contributed by atoms with E-state index >= 15 is 0 Å². The highest BCUT2D eigenvalue weighted by Gasteiger charge is 2.33. The minimum absolute atomic E-state index is 0.125. The third kappa shape index (κ3) is 2.48. The van der Waals surface area contributed by atoms with Gasteiger partial charge in [-0.15, -0.1) is 0 Å². The van der Waals surface area contributed by atoms with Gasteiger partial charge in [-0.2, -0.15) is 0 Å². The second-order valence-electron chi connectivity index (χ2n) is 4.14. The van der Waals surface area contributed by atoms with E-state index in [0.717, 1.165) is 0 Å². The standard InChI is InChI=1S/C8H16O2/c1-7(2,3)6(9)8(4,5)10/h10H,1-5H3. The van der Waals surface area contributed by atoms with Gasteiger partial charge in [0.1, 0.15) is 5.60 Å². The van der Waals surface area contributed by atoms with Gasteiger partial charge in [-0.3, -0.25) is 4.79 Å². The van der Waals surface area contributed by atoms with Crippen molar-refractivity contribution in [3.63, 3.8) is 0 Å². The van der Waals surface area contributed by atoms with Crippen molar-refractivity contribution < 1.29 is 9.90 Å². The molecular weight excluding hydrogens is 128 g/mol. The van der Waals surface area contributed by atoms with Crippen molar-refractivity contribution in [3.8, 4) is 0 Å². The van der Waals surface area contributed by atoms with Crippen LogP contribution in [-0.2, 0) is 4.79 Å². The number of carbonyl (C=O) groups excluding carboxylic acids is 1. The van der Waals surface area contributed by atoms with Gasteiger partial charge in [-0.05, 0) is 13.8 Å². The third-order valence-corrected chi connectivity index (χ3v) is 1.24. The molecule has 0 unspecified atom stereocenters. The largest absolute Gasteiger partial charge is 0.383 e. The zero-order valence-electron chi connectivity index (χ0n) is 7.36. The molecule has 0 heterocycles. The predicted molar refractivity (Wildman–Crippen MR) is 40.8 cm³/mol. The molecule has 0 saturated carbocycles. The third-order valence-electron chi connectivity index (χ3n) is 1.24. The summed E-state index contributed by atoms with van der Waals surface area (Å²) in [6.07, 6.45) is 0.